The summed E-state index contributed by atoms with van der Waals surface area (Å²) in [6, 6.07) is 6.46. The zero-order chi connectivity index (χ0) is 15.5. The van der Waals surface area contributed by atoms with Crippen molar-refractivity contribution in [1.29, 1.82) is 0 Å². The van der Waals surface area contributed by atoms with E-state index in [2.05, 4.69) is 20.8 Å². The third-order valence-corrected chi connectivity index (χ3v) is 5.93. The smallest absolute Gasteiger partial charge is 0.226 e. The molecule has 0 N–H and O–H groups in total. The van der Waals surface area contributed by atoms with E-state index in [0.29, 0.717) is 11.9 Å². The fourth-order valence-corrected chi connectivity index (χ4v) is 4.62. The molecule has 2 aliphatic rings. The first-order valence-corrected chi connectivity index (χ1v) is 9.56. The van der Waals surface area contributed by atoms with Crippen LogP contribution in [0.15, 0.2) is 22.7 Å². The van der Waals surface area contributed by atoms with Crippen LogP contribution in [0.2, 0.25) is 5.02 Å². The average molecular weight is 385 g/mol. The van der Waals surface area contributed by atoms with Gasteiger partial charge in [0.15, 0.2) is 0 Å². The highest BCUT2D eigenvalue weighted by atomic mass is 79.9. The lowest BCUT2D eigenvalue weighted by molar-refractivity contribution is -0.141. The van der Waals surface area contributed by atoms with Gasteiger partial charge in [-0.05, 0) is 49.8 Å². The first-order valence-electron chi connectivity index (χ1n) is 8.39. The Labute approximate surface area is 146 Å². The number of halogens is 2. The van der Waals surface area contributed by atoms with E-state index >= 15 is 0 Å². The van der Waals surface area contributed by atoms with Crippen LogP contribution in [0.4, 0.5) is 0 Å². The predicted octanol–water partition coefficient (Wildman–Crippen LogP) is 5.22. The van der Waals surface area contributed by atoms with Crippen molar-refractivity contribution in [2.75, 3.05) is 6.54 Å². The maximum atomic E-state index is 12.9. The molecule has 2 fully saturated rings. The van der Waals surface area contributed by atoms with Crippen LogP contribution < -0.4 is 0 Å². The molecule has 1 heterocycles. The Bertz CT molecular complexity index is 542. The monoisotopic (exact) mass is 383 g/mol. The van der Waals surface area contributed by atoms with E-state index in [1.54, 1.807) is 0 Å². The van der Waals surface area contributed by atoms with Gasteiger partial charge in [-0.1, -0.05) is 52.9 Å². The van der Waals surface area contributed by atoms with Crippen molar-refractivity contribution in [3.05, 3.63) is 33.3 Å². The van der Waals surface area contributed by atoms with Crippen molar-refractivity contribution in [3.63, 3.8) is 0 Å². The normalized spacial score (nSPS) is 23.8. The van der Waals surface area contributed by atoms with E-state index in [1.807, 2.05) is 18.2 Å². The number of hydrogen-bond acceptors (Lipinski definition) is 1. The van der Waals surface area contributed by atoms with Crippen LogP contribution in [0, 0.1) is 5.92 Å². The van der Waals surface area contributed by atoms with Crippen LogP contribution in [0.3, 0.4) is 0 Å². The molecule has 1 aliphatic carbocycles. The van der Waals surface area contributed by atoms with E-state index in [-0.39, 0.29) is 5.92 Å². The summed E-state index contributed by atoms with van der Waals surface area (Å²) in [6.07, 6.45) is 9.16. The Kier molecular flexibility index (Phi) is 5.46. The average Bonchev–Trinajstić information content (AvgIpc) is 2.53. The molecule has 0 aromatic heterocycles. The van der Waals surface area contributed by atoms with Gasteiger partial charge in [0.1, 0.15) is 0 Å². The molecule has 0 bridgehead atoms. The zero-order valence-electron chi connectivity index (χ0n) is 12.9. The SMILES string of the molecule is O=C1C(Cc2ccc(Br)cc2Cl)CCCN1C1CCCCC1. The van der Waals surface area contributed by atoms with Crippen LogP contribution in [-0.4, -0.2) is 23.4 Å². The molecule has 1 unspecified atom stereocenters. The fourth-order valence-electron chi connectivity index (χ4n) is 3.87. The van der Waals surface area contributed by atoms with Crippen molar-refractivity contribution in [2.45, 2.75) is 57.4 Å². The van der Waals surface area contributed by atoms with Crippen LogP contribution in [0.1, 0.15) is 50.5 Å². The van der Waals surface area contributed by atoms with Gasteiger partial charge in [-0.2, -0.15) is 0 Å². The summed E-state index contributed by atoms with van der Waals surface area (Å²) in [5, 5.41) is 0.761. The summed E-state index contributed by atoms with van der Waals surface area (Å²) in [5.41, 5.74) is 1.09. The molecule has 3 rings (SSSR count). The molecule has 4 heteroatoms. The minimum Gasteiger partial charge on any atom is -0.339 e. The summed E-state index contributed by atoms with van der Waals surface area (Å²) in [5.74, 6) is 0.464. The summed E-state index contributed by atoms with van der Waals surface area (Å²) in [4.78, 5) is 15.1. The number of rotatable bonds is 3. The van der Waals surface area contributed by atoms with Gasteiger partial charge >= 0.3 is 0 Å². The first kappa shape index (κ1) is 16.3. The first-order chi connectivity index (χ1) is 10.6. The maximum Gasteiger partial charge on any atom is 0.226 e. The summed E-state index contributed by atoms with van der Waals surface area (Å²) in [7, 11) is 0. The molecule has 1 aliphatic heterocycles. The summed E-state index contributed by atoms with van der Waals surface area (Å²) >= 11 is 9.76. The van der Waals surface area contributed by atoms with Crippen molar-refractivity contribution in [1.82, 2.24) is 4.90 Å². The number of piperidine rings is 1. The Balaban J connectivity index is 1.69. The predicted molar refractivity (Wildman–Crippen MR) is 94.2 cm³/mol. The molecule has 1 aromatic carbocycles. The minimum absolute atomic E-state index is 0.106. The molecule has 0 spiro atoms. The quantitative estimate of drug-likeness (QED) is 0.700. The molecule has 1 aromatic rings. The highest BCUT2D eigenvalue weighted by Gasteiger charge is 2.33. The van der Waals surface area contributed by atoms with E-state index in [9.17, 15) is 4.79 Å². The molecule has 1 amide bonds. The maximum absolute atomic E-state index is 12.9. The molecule has 1 saturated heterocycles. The molecule has 0 radical (unpaired) electrons. The van der Waals surface area contributed by atoms with E-state index in [0.717, 1.165) is 40.9 Å². The number of amides is 1. The molecule has 1 atom stereocenters. The van der Waals surface area contributed by atoms with E-state index in [1.165, 1.54) is 32.1 Å². The molecular weight excluding hydrogens is 362 g/mol. The van der Waals surface area contributed by atoms with Gasteiger partial charge in [0, 0.05) is 28.0 Å². The van der Waals surface area contributed by atoms with Gasteiger partial charge in [-0.3, -0.25) is 4.79 Å². The van der Waals surface area contributed by atoms with Gasteiger partial charge in [-0.15, -0.1) is 0 Å². The summed E-state index contributed by atoms with van der Waals surface area (Å²) in [6.45, 7) is 0.952. The van der Waals surface area contributed by atoms with Crippen LogP contribution >= 0.6 is 27.5 Å². The van der Waals surface area contributed by atoms with E-state index in [4.69, 9.17) is 11.6 Å². The molecular formula is C18H23BrClNO. The molecule has 1 saturated carbocycles. The lowest BCUT2D eigenvalue weighted by Gasteiger charge is -2.40. The van der Waals surface area contributed by atoms with Crippen LogP contribution in [0.25, 0.3) is 0 Å². The van der Waals surface area contributed by atoms with Gasteiger partial charge in [0.05, 0.1) is 0 Å². The van der Waals surface area contributed by atoms with Gasteiger partial charge in [0.25, 0.3) is 0 Å². The Morgan fingerprint density at radius 2 is 1.91 bits per heavy atom. The molecule has 2 nitrogen and oxygen atoms in total. The lowest BCUT2D eigenvalue weighted by atomic mass is 9.87. The molecule has 120 valence electrons. The third-order valence-electron chi connectivity index (χ3n) is 5.08. The second-order valence-corrected chi connectivity index (χ2v) is 7.93. The number of benzene rings is 1. The minimum atomic E-state index is 0.106. The topological polar surface area (TPSA) is 20.3 Å². The second-order valence-electron chi connectivity index (χ2n) is 6.60. The Hall–Kier alpha value is -0.540. The van der Waals surface area contributed by atoms with Crippen LogP contribution in [0.5, 0.6) is 0 Å². The van der Waals surface area contributed by atoms with E-state index < -0.39 is 0 Å². The van der Waals surface area contributed by atoms with Crippen molar-refractivity contribution >= 4 is 33.4 Å². The van der Waals surface area contributed by atoms with Gasteiger partial charge < -0.3 is 4.90 Å². The van der Waals surface area contributed by atoms with Crippen molar-refractivity contribution in [2.24, 2.45) is 5.92 Å². The van der Waals surface area contributed by atoms with Crippen molar-refractivity contribution in [3.8, 4) is 0 Å². The van der Waals surface area contributed by atoms with Gasteiger partial charge in [-0.25, -0.2) is 0 Å². The number of nitrogens with zero attached hydrogens (tertiary/aromatic N) is 1. The number of carbonyl (C=O) groups excluding carboxylic acids is 1. The Morgan fingerprint density at radius 3 is 2.64 bits per heavy atom. The standard InChI is InChI=1S/C18H23BrClNO/c19-15-9-8-13(17(20)12-15)11-14-5-4-10-21(18(14)22)16-6-2-1-3-7-16/h8-9,12,14,16H,1-7,10-11H2. The number of likely N-dealkylation sites (tertiary alicyclic amines) is 1. The lowest BCUT2D eigenvalue weighted by Crippen LogP contribution is -2.48. The second kappa shape index (κ2) is 7.35. The van der Waals surface area contributed by atoms with Crippen LogP contribution in [-0.2, 0) is 11.2 Å². The highest BCUT2D eigenvalue weighted by molar-refractivity contribution is 9.10. The number of hydrogen-bond donors (Lipinski definition) is 0. The zero-order valence-corrected chi connectivity index (χ0v) is 15.2. The largest absolute Gasteiger partial charge is 0.339 e. The highest BCUT2D eigenvalue weighted by Crippen LogP contribution is 2.31. The Morgan fingerprint density at radius 1 is 1.14 bits per heavy atom. The fraction of sp³-hybridized carbons (Fsp3) is 0.611. The molecule has 22 heavy (non-hydrogen) atoms. The third kappa shape index (κ3) is 3.68. The van der Waals surface area contributed by atoms with Crippen molar-refractivity contribution < 1.29 is 4.79 Å². The number of carbonyl (C=O) groups is 1. The summed E-state index contributed by atoms with van der Waals surface area (Å²) < 4.78 is 0.986. The van der Waals surface area contributed by atoms with Gasteiger partial charge in [0.2, 0.25) is 5.91 Å².